The summed E-state index contributed by atoms with van der Waals surface area (Å²) in [6.45, 7) is 2.75. The van der Waals surface area contributed by atoms with Gasteiger partial charge >= 0.3 is 0 Å². The Bertz CT molecular complexity index is 446. The fourth-order valence-electron chi connectivity index (χ4n) is 2.29. The lowest BCUT2D eigenvalue weighted by atomic mass is 10.1. The van der Waals surface area contributed by atoms with E-state index in [1.165, 1.54) is 4.90 Å². The molecule has 16 heavy (non-hydrogen) atoms. The summed E-state index contributed by atoms with van der Waals surface area (Å²) < 4.78 is 0. The normalized spacial score (nSPS) is 27.2. The van der Waals surface area contributed by atoms with Gasteiger partial charge in [0.2, 0.25) is 0 Å². The van der Waals surface area contributed by atoms with Crippen molar-refractivity contribution >= 4 is 11.8 Å². The molecule has 3 heteroatoms. The van der Waals surface area contributed by atoms with Crippen LogP contribution in [0.3, 0.4) is 0 Å². The lowest BCUT2D eigenvalue weighted by molar-refractivity contribution is 0.0645. The molecule has 0 radical (unpaired) electrons. The van der Waals surface area contributed by atoms with Crippen molar-refractivity contribution in [3.63, 3.8) is 0 Å². The molecule has 82 valence electrons. The molecule has 1 fully saturated rings. The van der Waals surface area contributed by atoms with Gasteiger partial charge in [0, 0.05) is 6.54 Å². The summed E-state index contributed by atoms with van der Waals surface area (Å²) in [6.07, 6.45) is 1.13. The minimum Gasteiger partial charge on any atom is -0.274 e. The number of hydrogen-bond donors (Lipinski definition) is 0. The van der Waals surface area contributed by atoms with Crippen molar-refractivity contribution in [2.24, 2.45) is 11.8 Å². The average molecular weight is 215 g/mol. The van der Waals surface area contributed by atoms with Gasteiger partial charge in [-0.15, -0.1) is 0 Å². The van der Waals surface area contributed by atoms with E-state index in [2.05, 4.69) is 6.92 Å². The van der Waals surface area contributed by atoms with E-state index in [1.54, 1.807) is 24.3 Å². The van der Waals surface area contributed by atoms with Crippen LogP contribution in [0.15, 0.2) is 24.3 Å². The van der Waals surface area contributed by atoms with Crippen LogP contribution in [-0.2, 0) is 0 Å². The Kier molecular flexibility index (Phi) is 1.90. The number of imide groups is 1. The number of rotatable bonds is 2. The first kappa shape index (κ1) is 9.58. The molecule has 2 aliphatic rings. The van der Waals surface area contributed by atoms with Crippen molar-refractivity contribution in [2.75, 3.05) is 6.54 Å². The van der Waals surface area contributed by atoms with Crippen LogP contribution in [0.1, 0.15) is 34.1 Å². The molecular formula is C13H13NO2. The van der Waals surface area contributed by atoms with Gasteiger partial charge in [-0.2, -0.15) is 0 Å². The molecule has 1 aromatic carbocycles. The van der Waals surface area contributed by atoms with Crippen LogP contribution in [-0.4, -0.2) is 23.3 Å². The summed E-state index contributed by atoms with van der Waals surface area (Å²) in [5, 5.41) is 0. The van der Waals surface area contributed by atoms with E-state index < -0.39 is 0 Å². The van der Waals surface area contributed by atoms with E-state index in [4.69, 9.17) is 0 Å². The van der Waals surface area contributed by atoms with Gasteiger partial charge < -0.3 is 0 Å². The zero-order valence-corrected chi connectivity index (χ0v) is 9.14. The van der Waals surface area contributed by atoms with Crippen molar-refractivity contribution < 1.29 is 9.59 Å². The summed E-state index contributed by atoms with van der Waals surface area (Å²) in [7, 11) is 0. The standard InChI is InChI=1S/C13H13NO2/c1-8-6-9(8)7-14-12(15)10-4-2-3-5-11(10)13(14)16/h2-5,8-9H,6-7H2,1H3/t8-,9+/m0/s1. The van der Waals surface area contributed by atoms with Gasteiger partial charge in [-0.05, 0) is 30.4 Å². The monoisotopic (exact) mass is 215 g/mol. The number of hydrogen-bond acceptors (Lipinski definition) is 2. The highest BCUT2D eigenvalue weighted by Gasteiger charge is 2.41. The fourth-order valence-corrected chi connectivity index (χ4v) is 2.29. The molecule has 2 atom stereocenters. The molecule has 1 aliphatic heterocycles. The molecule has 0 unspecified atom stereocenters. The Morgan fingerprint density at radius 1 is 1.19 bits per heavy atom. The molecule has 0 N–H and O–H groups in total. The number of benzene rings is 1. The Morgan fingerprint density at radius 3 is 2.12 bits per heavy atom. The maximum absolute atomic E-state index is 12.0. The Morgan fingerprint density at radius 2 is 1.69 bits per heavy atom. The van der Waals surface area contributed by atoms with Gasteiger partial charge in [0.25, 0.3) is 11.8 Å². The van der Waals surface area contributed by atoms with E-state index >= 15 is 0 Å². The molecule has 0 saturated heterocycles. The minimum absolute atomic E-state index is 0.125. The highest BCUT2D eigenvalue weighted by Crippen LogP contribution is 2.39. The molecule has 2 amide bonds. The second-order valence-corrected chi connectivity index (χ2v) is 4.74. The SMILES string of the molecule is C[C@H]1C[C@@H]1CN1C(=O)c2ccccc2C1=O. The first-order valence-corrected chi connectivity index (χ1v) is 5.63. The zero-order chi connectivity index (χ0) is 11.3. The lowest BCUT2D eigenvalue weighted by Crippen LogP contribution is -2.31. The van der Waals surface area contributed by atoms with E-state index in [0.29, 0.717) is 29.5 Å². The first-order valence-electron chi connectivity index (χ1n) is 5.63. The first-order chi connectivity index (χ1) is 7.68. The van der Waals surface area contributed by atoms with Gasteiger partial charge in [-0.3, -0.25) is 14.5 Å². The third kappa shape index (κ3) is 1.28. The minimum atomic E-state index is -0.125. The summed E-state index contributed by atoms with van der Waals surface area (Å²) in [4.78, 5) is 25.4. The Hall–Kier alpha value is -1.64. The maximum Gasteiger partial charge on any atom is 0.261 e. The zero-order valence-electron chi connectivity index (χ0n) is 9.14. The quantitative estimate of drug-likeness (QED) is 0.707. The number of nitrogens with zero attached hydrogens (tertiary/aromatic N) is 1. The predicted molar refractivity (Wildman–Crippen MR) is 59.1 cm³/mol. The van der Waals surface area contributed by atoms with E-state index in [-0.39, 0.29) is 11.8 Å². The van der Waals surface area contributed by atoms with Crippen molar-refractivity contribution in [3.8, 4) is 0 Å². The van der Waals surface area contributed by atoms with Crippen molar-refractivity contribution in [3.05, 3.63) is 35.4 Å². The van der Waals surface area contributed by atoms with Gasteiger partial charge in [-0.25, -0.2) is 0 Å². The van der Waals surface area contributed by atoms with Crippen LogP contribution in [0.25, 0.3) is 0 Å². The molecule has 0 bridgehead atoms. The summed E-state index contributed by atoms with van der Waals surface area (Å²) >= 11 is 0. The highest BCUT2D eigenvalue weighted by molar-refractivity contribution is 6.21. The van der Waals surface area contributed by atoms with Crippen LogP contribution >= 0.6 is 0 Å². The molecular weight excluding hydrogens is 202 g/mol. The maximum atomic E-state index is 12.0. The van der Waals surface area contributed by atoms with Crippen molar-refractivity contribution in [1.29, 1.82) is 0 Å². The second kappa shape index (κ2) is 3.17. The Labute approximate surface area is 94.1 Å². The average Bonchev–Trinajstić information content (AvgIpc) is 2.94. The van der Waals surface area contributed by atoms with Crippen LogP contribution < -0.4 is 0 Å². The molecule has 1 aromatic rings. The van der Waals surface area contributed by atoms with Gasteiger partial charge in [0.1, 0.15) is 0 Å². The summed E-state index contributed by atoms with van der Waals surface area (Å²) in [6, 6.07) is 7.05. The fraction of sp³-hybridized carbons (Fsp3) is 0.385. The number of fused-ring (bicyclic) bond motifs is 1. The largest absolute Gasteiger partial charge is 0.274 e. The lowest BCUT2D eigenvalue weighted by Gasteiger charge is -2.12. The van der Waals surface area contributed by atoms with Crippen molar-refractivity contribution in [1.82, 2.24) is 4.90 Å². The van der Waals surface area contributed by atoms with Gasteiger partial charge in [-0.1, -0.05) is 19.1 Å². The van der Waals surface area contributed by atoms with E-state index in [0.717, 1.165) is 6.42 Å². The van der Waals surface area contributed by atoms with Crippen LogP contribution in [0.2, 0.25) is 0 Å². The molecule has 0 spiro atoms. The number of carbonyl (C=O) groups excluding carboxylic acids is 2. The molecule has 0 aromatic heterocycles. The third-order valence-electron chi connectivity index (χ3n) is 3.57. The van der Waals surface area contributed by atoms with Crippen LogP contribution in [0.5, 0.6) is 0 Å². The van der Waals surface area contributed by atoms with Crippen molar-refractivity contribution in [2.45, 2.75) is 13.3 Å². The molecule has 3 rings (SSSR count). The summed E-state index contributed by atoms with van der Waals surface area (Å²) in [5.74, 6) is 0.922. The Balaban J connectivity index is 1.89. The predicted octanol–water partition coefficient (Wildman–Crippen LogP) is 1.94. The number of carbonyl (C=O) groups is 2. The van der Waals surface area contributed by atoms with E-state index in [1.807, 2.05) is 0 Å². The third-order valence-corrected chi connectivity index (χ3v) is 3.57. The van der Waals surface area contributed by atoms with E-state index in [9.17, 15) is 9.59 Å². The van der Waals surface area contributed by atoms with Gasteiger partial charge in [0.05, 0.1) is 11.1 Å². The van der Waals surface area contributed by atoms with Gasteiger partial charge in [0.15, 0.2) is 0 Å². The molecule has 1 aliphatic carbocycles. The molecule has 1 saturated carbocycles. The molecule has 1 heterocycles. The van der Waals surface area contributed by atoms with Crippen LogP contribution in [0.4, 0.5) is 0 Å². The second-order valence-electron chi connectivity index (χ2n) is 4.74. The topological polar surface area (TPSA) is 37.4 Å². The molecule has 3 nitrogen and oxygen atoms in total. The smallest absolute Gasteiger partial charge is 0.261 e. The van der Waals surface area contributed by atoms with Crippen LogP contribution in [0, 0.1) is 11.8 Å². The highest BCUT2D eigenvalue weighted by atomic mass is 16.2. The number of amides is 2. The summed E-state index contributed by atoms with van der Waals surface area (Å²) in [5.41, 5.74) is 1.11.